The van der Waals surface area contributed by atoms with E-state index < -0.39 is 0 Å². The molecule has 0 unspecified atom stereocenters. The molecule has 0 radical (unpaired) electrons. The predicted molar refractivity (Wildman–Crippen MR) is 69.0 cm³/mol. The van der Waals surface area contributed by atoms with Crippen LogP contribution in [0.1, 0.15) is 18.4 Å². The molecule has 0 saturated carbocycles. The highest BCUT2D eigenvalue weighted by Gasteiger charge is 2.15. The Balaban J connectivity index is 1.89. The summed E-state index contributed by atoms with van der Waals surface area (Å²) in [7, 11) is 0. The van der Waals surface area contributed by atoms with Crippen LogP contribution in [0, 0.1) is 5.92 Å². The zero-order valence-electron chi connectivity index (χ0n) is 9.93. The summed E-state index contributed by atoms with van der Waals surface area (Å²) in [5.74, 6) is 0.773. The van der Waals surface area contributed by atoms with Gasteiger partial charge in [-0.1, -0.05) is 18.2 Å². The van der Waals surface area contributed by atoms with Crippen LogP contribution in [0.15, 0.2) is 36.5 Å². The number of hydrogen-bond donors (Lipinski definition) is 0. The van der Waals surface area contributed by atoms with Gasteiger partial charge in [-0.15, -0.1) is 0 Å². The minimum atomic E-state index is 0.773. The zero-order valence-corrected chi connectivity index (χ0v) is 9.93. The maximum absolute atomic E-state index is 5.41. The van der Waals surface area contributed by atoms with Crippen LogP contribution in [0.3, 0.4) is 0 Å². The van der Waals surface area contributed by atoms with Crippen molar-refractivity contribution in [1.29, 1.82) is 0 Å². The highest BCUT2D eigenvalue weighted by molar-refractivity contribution is 5.81. The smallest absolute Gasteiger partial charge is 0.0704 e. The van der Waals surface area contributed by atoms with Crippen LogP contribution in [0.25, 0.3) is 10.9 Å². The summed E-state index contributed by atoms with van der Waals surface area (Å²) in [6, 6.07) is 10.6. The second-order valence-corrected chi connectivity index (χ2v) is 4.75. The van der Waals surface area contributed by atoms with E-state index in [2.05, 4.69) is 29.2 Å². The zero-order chi connectivity index (χ0) is 11.5. The summed E-state index contributed by atoms with van der Waals surface area (Å²) in [6.45, 7) is 1.85. The molecule has 0 atom stereocenters. The fourth-order valence-electron chi connectivity index (χ4n) is 2.59. The van der Waals surface area contributed by atoms with E-state index in [1.165, 1.54) is 23.8 Å². The van der Waals surface area contributed by atoms with Crippen LogP contribution in [0.4, 0.5) is 0 Å². The van der Waals surface area contributed by atoms with Gasteiger partial charge in [-0.3, -0.25) is 4.98 Å². The van der Waals surface area contributed by atoms with Crippen molar-refractivity contribution in [3.8, 4) is 0 Å². The van der Waals surface area contributed by atoms with Crippen LogP contribution >= 0.6 is 0 Å². The second kappa shape index (κ2) is 4.84. The number of aromatic nitrogens is 1. The quantitative estimate of drug-likeness (QED) is 0.786. The fourth-order valence-corrected chi connectivity index (χ4v) is 2.59. The first kappa shape index (κ1) is 10.7. The first-order chi connectivity index (χ1) is 8.43. The molecular formula is C15H17NO. The van der Waals surface area contributed by atoms with Crippen molar-refractivity contribution in [2.45, 2.75) is 19.3 Å². The van der Waals surface area contributed by atoms with Gasteiger partial charge in [0, 0.05) is 24.8 Å². The van der Waals surface area contributed by atoms with Crippen LogP contribution < -0.4 is 0 Å². The summed E-state index contributed by atoms with van der Waals surface area (Å²) >= 11 is 0. The number of para-hydroxylation sites is 1. The van der Waals surface area contributed by atoms with Crippen molar-refractivity contribution in [2.24, 2.45) is 5.92 Å². The molecule has 1 aromatic carbocycles. The van der Waals surface area contributed by atoms with Crippen LogP contribution in [0.2, 0.25) is 0 Å². The Hall–Kier alpha value is -1.41. The van der Waals surface area contributed by atoms with Gasteiger partial charge in [0.1, 0.15) is 0 Å². The van der Waals surface area contributed by atoms with Crippen molar-refractivity contribution in [1.82, 2.24) is 4.98 Å². The lowest BCUT2D eigenvalue weighted by atomic mass is 9.91. The molecule has 0 bridgehead atoms. The van der Waals surface area contributed by atoms with E-state index in [1.807, 2.05) is 12.3 Å². The van der Waals surface area contributed by atoms with Crippen LogP contribution in [0.5, 0.6) is 0 Å². The number of rotatable bonds is 2. The van der Waals surface area contributed by atoms with Crippen molar-refractivity contribution in [2.75, 3.05) is 13.2 Å². The standard InChI is InChI=1S/C15H17NO/c1-2-4-15-14(3-1)13(5-8-16-15)11-12-6-9-17-10-7-12/h1-5,8,12H,6-7,9-11H2. The maximum Gasteiger partial charge on any atom is 0.0704 e. The molecule has 1 aliphatic rings. The lowest BCUT2D eigenvalue weighted by molar-refractivity contribution is 0.0666. The largest absolute Gasteiger partial charge is 0.381 e. The molecule has 0 amide bonds. The number of nitrogens with zero attached hydrogens (tertiary/aromatic N) is 1. The number of hydrogen-bond acceptors (Lipinski definition) is 2. The van der Waals surface area contributed by atoms with E-state index in [1.54, 1.807) is 0 Å². The highest BCUT2D eigenvalue weighted by atomic mass is 16.5. The summed E-state index contributed by atoms with van der Waals surface area (Å²) in [4.78, 5) is 4.41. The molecule has 0 aliphatic carbocycles. The molecule has 2 nitrogen and oxygen atoms in total. The SMILES string of the molecule is c1ccc2c(CC3CCOCC3)ccnc2c1. The number of benzene rings is 1. The predicted octanol–water partition coefficient (Wildman–Crippen LogP) is 3.20. The van der Waals surface area contributed by atoms with Gasteiger partial charge in [-0.05, 0) is 42.9 Å². The lowest BCUT2D eigenvalue weighted by Crippen LogP contribution is -2.17. The van der Waals surface area contributed by atoms with E-state index >= 15 is 0 Å². The third-order valence-electron chi connectivity index (χ3n) is 3.59. The molecule has 2 heterocycles. The normalized spacial score (nSPS) is 17.4. The van der Waals surface area contributed by atoms with Gasteiger partial charge in [0.25, 0.3) is 0 Å². The molecule has 1 aliphatic heterocycles. The molecule has 2 heteroatoms. The van der Waals surface area contributed by atoms with Crippen molar-refractivity contribution in [3.63, 3.8) is 0 Å². The molecule has 1 fully saturated rings. The topological polar surface area (TPSA) is 22.1 Å². The fraction of sp³-hybridized carbons (Fsp3) is 0.400. The molecule has 2 aromatic rings. The Kier molecular flexibility index (Phi) is 3.06. The lowest BCUT2D eigenvalue weighted by Gasteiger charge is -2.22. The summed E-state index contributed by atoms with van der Waals surface area (Å²) in [5.41, 5.74) is 2.54. The Labute approximate surface area is 102 Å². The highest BCUT2D eigenvalue weighted by Crippen LogP contribution is 2.24. The van der Waals surface area contributed by atoms with E-state index in [9.17, 15) is 0 Å². The molecule has 1 aromatic heterocycles. The minimum absolute atomic E-state index is 0.773. The van der Waals surface area contributed by atoms with Gasteiger partial charge >= 0.3 is 0 Å². The molecule has 88 valence electrons. The van der Waals surface area contributed by atoms with E-state index in [0.29, 0.717) is 0 Å². The van der Waals surface area contributed by atoms with Crippen molar-refractivity contribution in [3.05, 3.63) is 42.1 Å². The molecule has 0 spiro atoms. The summed E-state index contributed by atoms with van der Waals surface area (Å²) in [5, 5.41) is 1.31. The average Bonchev–Trinajstić information content (AvgIpc) is 2.40. The molecular weight excluding hydrogens is 210 g/mol. The minimum Gasteiger partial charge on any atom is -0.381 e. The Morgan fingerprint density at radius 1 is 1.12 bits per heavy atom. The summed E-state index contributed by atoms with van der Waals surface area (Å²) in [6.07, 6.45) is 5.47. The van der Waals surface area contributed by atoms with Gasteiger partial charge in [0.05, 0.1) is 5.52 Å². The van der Waals surface area contributed by atoms with Gasteiger partial charge < -0.3 is 4.74 Å². The number of fused-ring (bicyclic) bond motifs is 1. The van der Waals surface area contributed by atoms with Gasteiger partial charge in [-0.2, -0.15) is 0 Å². The van der Waals surface area contributed by atoms with E-state index in [4.69, 9.17) is 4.74 Å². The van der Waals surface area contributed by atoms with Crippen LogP contribution in [-0.4, -0.2) is 18.2 Å². The average molecular weight is 227 g/mol. The number of ether oxygens (including phenoxy) is 1. The Morgan fingerprint density at radius 3 is 2.82 bits per heavy atom. The van der Waals surface area contributed by atoms with Crippen LogP contribution in [-0.2, 0) is 11.2 Å². The van der Waals surface area contributed by atoms with E-state index in [-0.39, 0.29) is 0 Å². The van der Waals surface area contributed by atoms with E-state index in [0.717, 1.165) is 31.1 Å². The summed E-state index contributed by atoms with van der Waals surface area (Å²) < 4.78 is 5.41. The third kappa shape index (κ3) is 2.32. The molecule has 17 heavy (non-hydrogen) atoms. The Bertz CT molecular complexity index is 498. The Morgan fingerprint density at radius 2 is 1.94 bits per heavy atom. The second-order valence-electron chi connectivity index (χ2n) is 4.75. The number of pyridine rings is 1. The van der Waals surface area contributed by atoms with Crippen molar-refractivity contribution < 1.29 is 4.74 Å². The third-order valence-corrected chi connectivity index (χ3v) is 3.59. The monoisotopic (exact) mass is 227 g/mol. The van der Waals surface area contributed by atoms with Crippen molar-refractivity contribution >= 4 is 10.9 Å². The first-order valence-electron chi connectivity index (χ1n) is 6.34. The first-order valence-corrected chi connectivity index (χ1v) is 6.34. The molecule has 1 saturated heterocycles. The molecule has 3 rings (SSSR count). The van der Waals surface area contributed by atoms with Gasteiger partial charge in [0.2, 0.25) is 0 Å². The van der Waals surface area contributed by atoms with Gasteiger partial charge in [0.15, 0.2) is 0 Å². The maximum atomic E-state index is 5.41. The van der Waals surface area contributed by atoms with Gasteiger partial charge in [-0.25, -0.2) is 0 Å². The molecule has 0 N–H and O–H groups in total.